The lowest BCUT2D eigenvalue weighted by Gasteiger charge is -2.30. The minimum Gasteiger partial charge on any atom is -0.495 e. The van der Waals surface area contributed by atoms with E-state index < -0.39 is 21.6 Å². The third kappa shape index (κ3) is 5.02. The molecule has 1 N–H and O–H groups in total. The highest BCUT2D eigenvalue weighted by Gasteiger charge is 2.32. The number of amides is 1. The summed E-state index contributed by atoms with van der Waals surface area (Å²) in [6, 6.07) is 10.6. The molecular formula is C21H25N5O5S2. The number of thiophene rings is 1. The lowest BCUT2D eigenvalue weighted by atomic mass is 9.99. The van der Waals surface area contributed by atoms with Gasteiger partial charge in [0.05, 0.1) is 19.1 Å². The van der Waals surface area contributed by atoms with Crippen molar-refractivity contribution in [2.45, 2.75) is 25.3 Å². The first-order valence-corrected chi connectivity index (χ1v) is 13.1. The number of benzene rings is 1. The standard InChI is InChI=1S/C21H25N5O5S2/c1-31-17-9-4-3-8-16(17)22-18(27)14-25-21(28)26(19-10-6-12-32-19)20(23-25)15-7-5-11-24(13-15)33(2,29)30/h3-4,6,8-10,12,15H,5,7,11,13-14H2,1-2H3,(H,22,27). The van der Waals surface area contributed by atoms with Crippen molar-refractivity contribution in [1.29, 1.82) is 0 Å². The van der Waals surface area contributed by atoms with Crippen LogP contribution < -0.4 is 15.7 Å². The molecule has 1 unspecified atom stereocenters. The molecule has 0 bridgehead atoms. The first kappa shape index (κ1) is 23.2. The van der Waals surface area contributed by atoms with Crippen LogP contribution in [0.4, 0.5) is 5.69 Å². The van der Waals surface area contributed by atoms with E-state index in [0.29, 0.717) is 41.6 Å². The number of aromatic nitrogens is 3. The molecule has 0 radical (unpaired) electrons. The van der Waals surface area contributed by atoms with Gasteiger partial charge in [0.25, 0.3) is 0 Å². The van der Waals surface area contributed by atoms with Gasteiger partial charge in [0, 0.05) is 19.0 Å². The highest BCUT2D eigenvalue weighted by Crippen LogP contribution is 2.29. The SMILES string of the molecule is COc1ccccc1NC(=O)Cn1nc(C2CCCN(S(C)(=O)=O)C2)n(-c2cccs2)c1=O. The summed E-state index contributed by atoms with van der Waals surface area (Å²) in [7, 11) is -1.85. The van der Waals surface area contributed by atoms with E-state index in [1.165, 1.54) is 33.6 Å². The molecule has 1 amide bonds. The molecule has 1 saturated heterocycles. The second kappa shape index (κ2) is 9.49. The Labute approximate surface area is 195 Å². The molecule has 0 spiro atoms. The molecular weight excluding hydrogens is 466 g/mol. The van der Waals surface area contributed by atoms with Crippen LogP contribution in [0.1, 0.15) is 24.6 Å². The fourth-order valence-electron chi connectivity index (χ4n) is 3.92. The zero-order valence-electron chi connectivity index (χ0n) is 18.3. The van der Waals surface area contributed by atoms with Gasteiger partial charge in [0.2, 0.25) is 15.9 Å². The minimum atomic E-state index is -3.36. The Morgan fingerprint density at radius 3 is 2.76 bits per heavy atom. The number of piperidine rings is 1. The predicted octanol–water partition coefficient (Wildman–Crippen LogP) is 1.88. The zero-order chi connectivity index (χ0) is 23.6. The van der Waals surface area contributed by atoms with Crippen molar-refractivity contribution >= 4 is 33.0 Å². The molecule has 0 saturated carbocycles. The molecule has 10 nitrogen and oxygen atoms in total. The zero-order valence-corrected chi connectivity index (χ0v) is 19.9. The van der Waals surface area contributed by atoms with E-state index in [0.717, 1.165) is 4.68 Å². The summed E-state index contributed by atoms with van der Waals surface area (Å²) >= 11 is 1.38. The second-order valence-corrected chi connectivity index (χ2v) is 10.7. The Bertz CT molecular complexity index is 1300. The van der Waals surface area contributed by atoms with Crippen LogP contribution in [0.2, 0.25) is 0 Å². The molecule has 0 aliphatic carbocycles. The number of nitrogens with zero attached hydrogens (tertiary/aromatic N) is 4. The van der Waals surface area contributed by atoms with Crippen LogP contribution in [0.25, 0.3) is 5.00 Å². The molecule has 1 atom stereocenters. The molecule has 3 heterocycles. The Morgan fingerprint density at radius 2 is 2.06 bits per heavy atom. The van der Waals surface area contributed by atoms with Gasteiger partial charge in [-0.1, -0.05) is 12.1 Å². The monoisotopic (exact) mass is 491 g/mol. The van der Waals surface area contributed by atoms with E-state index in [1.54, 1.807) is 30.3 Å². The first-order valence-electron chi connectivity index (χ1n) is 10.4. The number of nitrogens with one attached hydrogen (secondary N) is 1. The van der Waals surface area contributed by atoms with Crippen molar-refractivity contribution in [2.24, 2.45) is 0 Å². The van der Waals surface area contributed by atoms with E-state index in [-0.39, 0.29) is 19.0 Å². The number of methoxy groups -OCH3 is 1. The van der Waals surface area contributed by atoms with E-state index >= 15 is 0 Å². The summed E-state index contributed by atoms with van der Waals surface area (Å²) in [6.07, 6.45) is 2.54. The Kier molecular flexibility index (Phi) is 6.68. The van der Waals surface area contributed by atoms with Gasteiger partial charge in [-0.25, -0.2) is 26.8 Å². The van der Waals surface area contributed by atoms with Crippen LogP contribution in [0.15, 0.2) is 46.6 Å². The van der Waals surface area contributed by atoms with Crippen LogP contribution in [-0.4, -0.2) is 59.4 Å². The average Bonchev–Trinajstić information content (AvgIpc) is 3.42. The second-order valence-electron chi connectivity index (χ2n) is 7.79. The van der Waals surface area contributed by atoms with Crippen molar-refractivity contribution in [2.75, 3.05) is 31.8 Å². The number of carbonyl (C=O) groups excluding carboxylic acids is 1. The van der Waals surface area contributed by atoms with Crippen LogP contribution >= 0.6 is 11.3 Å². The van der Waals surface area contributed by atoms with Crippen LogP contribution in [0.3, 0.4) is 0 Å². The van der Waals surface area contributed by atoms with E-state index in [4.69, 9.17) is 4.74 Å². The number of carbonyl (C=O) groups is 1. The maximum absolute atomic E-state index is 13.3. The van der Waals surface area contributed by atoms with Gasteiger partial charge in [0.15, 0.2) is 0 Å². The molecule has 1 fully saturated rings. The molecule has 1 aromatic carbocycles. The summed E-state index contributed by atoms with van der Waals surface area (Å²) in [6.45, 7) is 0.402. The molecule has 33 heavy (non-hydrogen) atoms. The Hall–Kier alpha value is -2.96. The number of ether oxygens (including phenoxy) is 1. The molecule has 176 valence electrons. The van der Waals surface area contributed by atoms with Gasteiger partial charge in [-0.2, -0.15) is 5.10 Å². The number of hydrogen-bond acceptors (Lipinski definition) is 7. The van der Waals surface area contributed by atoms with Gasteiger partial charge in [-0.05, 0) is 42.5 Å². The molecule has 12 heteroatoms. The van der Waals surface area contributed by atoms with Gasteiger partial charge >= 0.3 is 5.69 Å². The molecule has 1 aliphatic heterocycles. The topological polar surface area (TPSA) is 116 Å². The molecule has 2 aromatic heterocycles. The fourth-order valence-corrected chi connectivity index (χ4v) is 5.57. The number of para-hydroxylation sites is 2. The highest BCUT2D eigenvalue weighted by atomic mass is 32.2. The van der Waals surface area contributed by atoms with Crippen molar-refractivity contribution in [3.05, 3.63) is 58.1 Å². The normalized spacial score (nSPS) is 17.1. The van der Waals surface area contributed by atoms with Crippen LogP contribution in [-0.2, 0) is 21.4 Å². The number of sulfonamides is 1. The smallest absolute Gasteiger partial charge is 0.351 e. The lowest BCUT2D eigenvalue weighted by Crippen LogP contribution is -2.39. The van der Waals surface area contributed by atoms with Crippen molar-refractivity contribution in [3.8, 4) is 10.8 Å². The van der Waals surface area contributed by atoms with Crippen LogP contribution in [0.5, 0.6) is 5.75 Å². The van der Waals surface area contributed by atoms with Crippen molar-refractivity contribution in [1.82, 2.24) is 18.7 Å². The highest BCUT2D eigenvalue weighted by molar-refractivity contribution is 7.88. The van der Waals surface area contributed by atoms with Crippen molar-refractivity contribution in [3.63, 3.8) is 0 Å². The first-order chi connectivity index (χ1) is 15.8. The lowest BCUT2D eigenvalue weighted by molar-refractivity contribution is -0.117. The van der Waals surface area contributed by atoms with Gasteiger partial charge in [0.1, 0.15) is 23.1 Å². The van der Waals surface area contributed by atoms with E-state index in [2.05, 4.69) is 10.4 Å². The molecule has 4 rings (SSSR count). The predicted molar refractivity (Wildman–Crippen MR) is 126 cm³/mol. The summed E-state index contributed by atoms with van der Waals surface area (Å²) in [4.78, 5) is 26.0. The van der Waals surface area contributed by atoms with E-state index in [9.17, 15) is 18.0 Å². The summed E-state index contributed by atoms with van der Waals surface area (Å²) < 4.78 is 33.5. The Balaban J connectivity index is 1.65. The number of hydrogen-bond donors (Lipinski definition) is 1. The molecule has 3 aromatic rings. The average molecular weight is 492 g/mol. The summed E-state index contributed by atoms with van der Waals surface area (Å²) in [5, 5.41) is 9.76. The van der Waals surface area contributed by atoms with Gasteiger partial charge in [-0.3, -0.25) is 4.79 Å². The molecule has 1 aliphatic rings. The summed E-state index contributed by atoms with van der Waals surface area (Å²) in [5.41, 5.74) is 0.0474. The number of anilines is 1. The number of rotatable bonds is 7. The van der Waals surface area contributed by atoms with E-state index in [1.807, 2.05) is 11.4 Å². The van der Waals surface area contributed by atoms with Crippen LogP contribution in [0, 0.1) is 0 Å². The van der Waals surface area contributed by atoms with Gasteiger partial charge in [-0.15, -0.1) is 11.3 Å². The Morgan fingerprint density at radius 1 is 1.27 bits per heavy atom. The quantitative estimate of drug-likeness (QED) is 0.540. The third-order valence-electron chi connectivity index (χ3n) is 5.48. The van der Waals surface area contributed by atoms with Gasteiger partial charge < -0.3 is 10.1 Å². The summed E-state index contributed by atoms with van der Waals surface area (Å²) in [5.74, 6) is 0.277. The largest absolute Gasteiger partial charge is 0.495 e. The fraction of sp³-hybridized carbons (Fsp3) is 0.381. The minimum absolute atomic E-state index is 0.244. The maximum Gasteiger partial charge on any atom is 0.351 e. The van der Waals surface area contributed by atoms with Crippen molar-refractivity contribution < 1.29 is 17.9 Å². The maximum atomic E-state index is 13.3. The third-order valence-corrected chi connectivity index (χ3v) is 7.61.